The van der Waals surface area contributed by atoms with Crippen LogP contribution in [0.2, 0.25) is 0 Å². The minimum Gasteiger partial charge on any atom is -0.374 e. The van der Waals surface area contributed by atoms with Crippen LogP contribution in [0.25, 0.3) is 0 Å². The Hall–Kier alpha value is 0.439. The van der Waals surface area contributed by atoms with Crippen LogP contribution in [0.1, 0.15) is 20.8 Å². The summed E-state index contributed by atoms with van der Waals surface area (Å²) >= 11 is 0. The van der Waals surface area contributed by atoms with E-state index in [0.717, 1.165) is 12.6 Å². The minimum absolute atomic E-state index is 0. The third kappa shape index (κ3) is 9.07. The Balaban J connectivity index is 0.000000454. The number of nitrogens with one attached hydrogen (secondary N) is 1. The monoisotopic (exact) mass is 301 g/mol. The summed E-state index contributed by atoms with van der Waals surface area (Å²) in [4.78, 5) is 0. The molecule has 0 atom stereocenters. The standard InChI is InChI=1S/C11H18NO.C5H5.Fe/c1-11(2,3)12-8-9-6-5-7-10(9)13-4;1-2-4-5-3-1;/h5-7,12H,8H2,1-4H3;1-5H;/q;;+2. The van der Waals surface area contributed by atoms with Crippen LogP contribution in [-0.4, -0.2) is 19.2 Å². The van der Waals surface area contributed by atoms with Gasteiger partial charge in [-0.15, -0.1) is 0 Å². The van der Waals surface area contributed by atoms with Crippen LogP contribution < -0.4 is 5.32 Å². The Morgan fingerprint density at radius 1 is 0.947 bits per heavy atom. The van der Waals surface area contributed by atoms with E-state index < -0.39 is 0 Å². The van der Waals surface area contributed by atoms with Gasteiger partial charge in [-0.1, -0.05) is 0 Å². The molecule has 2 rings (SSSR count). The average Bonchev–Trinajstić information content (AvgIpc) is 2.99. The van der Waals surface area contributed by atoms with Gasteiger partial charge in [0.1, 0.15) is 6.10 Å². The zero-order valence-corrected chi connectivity index (χ0v) is 13.2. The molecular formula is C16H23FeNO+2. The number of ether oxygens (including phenoxy) is 1. The molecule has 0 spiro atoms. The summed E-state index contributed by atoms with van der Waals surface area (Å²) < 4.78 is 5.21. The Morgan fingerprint density at radius 3 is 1.89 bits per heavy atom. The van der Waals surface area contributed by atoms with E-state index in [2.05, 4.69) is 32.5 Å². The largest absolute Gasteiger partial charge is 2.00 e. The molecule has 2 aliphatic carbocycles. The van der Waals surface area contributed by atoms with Gasteiger partial charge in [0.2, 0.25) is 0 Å². The predicted molar refractivity (Wildman–Crippen MR) is 75.7 cm³/mol. The second kappa shape index (κ2) is 10.2. The van der Waals surface area contributed by atoms with Crippen molar-refractivity contribution in [3.05, 3.63) is 63.4 Å². The molecule has 10 radical (unpaired) electrons. The Morgan fingerprint density at radius 2 is 1.47 bits per heavy atom. The number of methoxy groups -OCH3 is 1. The average molecular weight is 301 g/mol. The van der Waals surface area contributed by atoms with E-state index in [1.54, 1.807) is 7.11 Å². The fraction of sp³-hybridized carbons (Fsp3) is 0.375. The van der Waals surface area contributed by atoms with Gasteiger partial charge < -0.3 is 10.1 Å². The SMILES string of the molecule is CO[C]1[CH][CH][CH][C]1CNC(C)(C)C.[CH]1[CH][CH][CH][CH]1.[Fe+2]. The normalized spacial score (nSPS) is 20.8. The first-order chi connectivity index (χ1) is 8.53. The molecule has 19 heavy (non-hydrogen) atoms. The maximum absolute atomic E-state index is 5.21. The molecule has 0 aliphatic heterocycles. The number of rotatable bonds is 3. The summed E-state index contributed by atoms with van der Waals surface area (Å²) in [5.74, 6) is 1.22. The Labute approximate surface area is 130 Å². The van der Waals surface area contributed by atoms with Crippen LogP contribution in [0.4, 0.5) is 0 Å². The second-order valence-corrected chi connectivity index (χ2v) is 5.19. The zero-order valence-electron chi connectivity index (χ0n) is 12.1. The molecule has 0 aromatic heterocycles. The van der Waals surface area contributed by atoms with Gasteiger partial charge in [-0.2, -0.15) is 0 Å². The van der Waals surface area contributed by atoms with Gasteiger partial charge >= 0.3 is 17.1 Å². The van der Waals surface area contributed by atoms with Gasteiger partial charge in [0.25, 0.3) is 0 Å². The maximum atomic E-state index is 5.21. The molecule has 2 aliphatic rings. The molecule has 1 N–H and O–H groups in total. The summed E-state index contributed by atoms with van der Waals surface area (Å²) in [6, 6.07) is 0. The van der Waals surface area contributed by atoms with Crippen molar-refractivity contribution in [2.75, 3.05) is 13.7 Å². The summed E-state index contributed by atoms with van der Waals surface area (Å²) in [7, 11) is 1.70. The molecular weight excluding hydrogens is 278 g/mol. The van der Waals surface area contributed by atoms with Crippen molar-refractivity contribution in [2.24, 2.45) is 0 Å². The van der Waals surface area contributed by atoms with Crippen LogP contribution >= 0.6 is 0 Å². The van der Waals surface area contributed by atoms with Crippen molar-refractivity contribution < 1.29 is 21.8 Å². The fourth-order valence-electron chi connectivity index (χ4n) is 1.47. The van der Waals surface area contributed by atoms with E-state index in [9.17, 15) is 0 Å². The number of hydrogen-bond donors (Lipinski definition) is 1. The third-order valence-electron chi connectivity index (χ3n) is 2.45. The Kier molecular flexibility index (Phi) is 10.4. The molecule has 104 valence electrons. The molecule has 0 amide bonds. The van der Waals surface area contributed by atoms with Crippen LogP contribution in [0.5, 0.6) is 0 Å². The van der Waals surface area contributed by atoms with E-state index in [-0.39, 0.29) is 22.6 Å². The molecule has 0 heterocycles. The molecule has 0 saturated heterocycles. The molecule has 2 fully saturated rings. The van der Waals surface area contributed by atoms with Crippen LogP contribution in [0, 0.1) is 63.4 Å². The summed E-state index contributed by atoms with van der Waals surface area (Å²) in [6.07, 6.45) is 17.0. The van der Waals surface area contributed by atoms with Crippen molar-refractivity contribution in [1.29, 1.82) is 0 Å². The summed E-state index contributed by atoms with van der Waals surface area (Å²) in [5.41, 5.74) is 0.155. The van der Waals surface area contributed by atoms with Crippen molar-refractivity contribution >= 4 is 0 Å². The van der Waals surface area contributed by atoms with Gasteiger partial charge in [0, 0.05) is 31.5 Å². The van der Waals surface area contributed by atoms with Crippen molar-refractivity contribution in [3.8, 4) is 0 Å². The molecule has 3 heteroatoms. The second-order valence-electron chi connectivity index (χ2n) is 5.19. The zero-order chi connectivity index (χ0) is 13.4. The summed E-state index contributed by atoms with van der Waals surface area (Å²) in [6.45, 7) is 7.33. The van der Waals surface area contributed by atoms with Crippen molar-refractivity contribution in [1.82, 2.24) is 5.32 Å². The quantitative estimate of drug-likeness (QED) is 0.809. The maximum Gasteiger partial charge on any atom is 2.00 e. The van der Waals surface area contributed by atoms with Gasteiger partial charge in [-0.05, 0) is 65.7 Å². The third-order valence-corrected chi connectivity index (χ3v) is 2.45. The Bertz CT molecular complexity index is 204. The first kappa shape index (κ1) is 19.4. The van der Waals surface area contributed by atoms with E-state index in [1.807, 2.05) is 44.9 Å². The van der Waals surface area contributed by atoms with E-state index in [4.69, 9.17) is 4.74 Å². The van der Waals surface area contributed by atoms with Crippen molar-refractivity contribution in [2.45, 2.75) is 26.3 Å². The first-order valence-corrected chi connectivity index (χ1v) is 6.23. The van der Waals surface area contributed by atoms with Crippen molar-refractivity contribution in [3.63, 3.8) is 0 Å². The van der Waals surface area contributed by atoms with E-state index in [1.165, 1.54) is 5.92 Å². The van der Waals surface area contributed by atoms with E-state index >= 15 is 0 Å². The smallest absolute Gasteiger partial charge is 0.374 e. The van der Waals surface area contributed by atoms with Crippen LogP contribution in [0.3, 0.4) is 0 Å². The summed E-state index contributed by atoms with van der Waals surface area (Å²) in [5, 5.41) is 3.42. The molecule has 0 unspecified atom stereocenters. The van der Waals surface area contributed by atoms with Crippen LogP contribution in [-0.2, 0) is 21.8 Å². The molecule has 2 saturated carbocycles. The van der Waals surface area contributed by atoms with Gasteiger partial charge in [-0.3, -0.25) is 0 Å². The first-order valence-electron chi connectivity index (χ1n) is 6.23. The molecule has 0 bridgehead atoms. The van der Waals surface area contributed by atoms with Crippen LogP contribution in [0.15, 0.2) is 0 Å². The number of hydrogen-bond acceptors (Lipinski definition) is 2. The predicted octanol–water partition coefficient (Wildman–Crippen LogP) is 2.77. The van der Waals surface area contributed by atoms with Gasteiger partial charge in [-0.25, -0.2) is 0 Å². The van der Waals surface area contributed by atoms with Gasteiger partial charge in [0.15, 0.2) is 0 Å². The topological polar surface area (TPSA) is 21.3 Å². The molecule has 0 aromatic rings. The molecule has 2 nitrogen and oxygen atoms in total. The molecule has 0 aromatic carbocycles. The fourth-order valence-corrected chi connectivity index (χ4v) is 1.47. The van der Waals surface area contributed by atoms with Gasteiger partial charge in [0.05, 0.1) is 0 Å². The van der Waals surface area contributed by atoms with E-state index in [0.29, 0.717) is 0 Å². The minimum atomic E-state index is 0.